The summed E-state index contributed by atoms with van der Waals surface area (Å²) >= 11 is 0. The van der Waals surface area contributed by atoms with Gasteiger partial charge in [0.05, 0.1) is 26.4 Å². The van der Waals surface area contributed by atoms with Crippen molar-refractivity contribution in [3.05, 3.63) is 29.8 Å². The molecule has 1 rings (SSSR count). The van der Waals surface area contributed by atoms with Gasteiger partial charge in [-0.25, -0.2) is 0 Å². The van der Waals surface area contributed by atoms with Crippen molar-refractivity contribution in [3.8, 4) is 5.75 Å². The molecule has 1 N–H and O–H groups in total. The van der Waals surface area contributed by atoms with Crippen molar-refractivity contribution in [2.24, 2.45) is 0 Å². The minimum Gasteiger partial charge on any atom is -0.496 e. The molecule has 0 aromatic heterocycles. The number of benzene rings is 1. The van der Waals surface area contributed by atoms with Crippen LogP contribution in [0.2, 0.25) is 0 Å². The van der Waals surface area contributed by atoms with Gasteiger partial charge in [0.25, 0.3) is 0 Å². The van der Waals surface area contributed by atoms with E-state index < -0.39 is 6.10 Å². The van der Waals surface area contributed by atoms with E-state index >= 15 is 0 Å². The molecule has 0 aliphatic heterocycles. The van der Waals surface area contributed by atoms with E-state index in [2.05, 4.69) is 25.7 Å². The van der Waals surface area contributed by atoms with Crippen LogP contribution in [0.4, 0.5) is 0 Å². The molecule has 2 atom stereocenters. The number of methoxy groups -OCH3 is 1. The van der Waals surface area contributed by atoms with E-state index in [1.54, 1.807) is 7.11 Å². The lowest BCUT2D eigenvalue weighted by molar-refractivity contribution is 0.00259. The van der Waals surface area contributed by atoms with Gasteiger partial charge >= 0.3 is 0 Å². The van der Waals surface area contributed by atoms with Crippen LogP contribution in [0, 0.1) is 0 Å². The third kappa shape index (κ3) is 7.34. The molecule has 23 heavy (non-hydrogen) atoms. The lowest BCUT2D eigenvalue weighted by atomic mass is 10.1. The zero-order valence-corrected chi connectivity index (χ0v) is 15.1. The predicted octanol–water partition coefficient (Wildman–Crippen LogP) is 3.47. The van der Waals surface area contributed by atoms with Crippen molar-refractivity contribution in [2.75, 3.05) is 26.8 Å². The fourth-order valence-corrected chi connectivity index (χ4v) is 2.56. The standard InChI is InChI=1S/C19H33NO3/c1-5-7-12-20(16(3)6-2)13-18(21)15-23-14-17-10-8-9-11-19(17)22-4/h8-11,16,18,21H,5-7,12-15H2,1-4H3. The Kier molecular flexibility index (Phi) is 9.92. The zero-order chi connectivity index (χ0) is 17.1. The summed E-state index contributed by atoms with van der Waals surface area (Å²) in [4.78, 5) is 2.36. The molecule has 132 valence electrons. The Bertz CT molecular complexity index is 425. The Balaban J connectivity index is 2.40. The number of aliphatic hydroxyl groups excluding tert-OH is 1. The fourth-order valence-electron chi connectivity index (χ4n) is 2.56. The highest BCUT2D eigenvalue weighted by Gasteiger charge is 2.16. The van der Waals surface area contributed by atoms with Gasteiger partial charge < -0.3 is 14.6 Å². The summed E-state index contributed by atoms with van der Waals surface area (Å²) in [6, 6.07) is 8.30. The molecule has 0 bridgehead atoms. The van der Waals surface area contributed by atoms with Gasteiger partial charge in [0, 0.05) is 18.2 Å². The molecule has 0 fully saturated rings. The quantitative estimate of drug-likeness (QED) is 0.639. The van der Waals surface area contributed by atoms with Crippen molar-refractivity contribution < 1.29 is 14.6 Å². The lowest BCUT2D eigenvalue weighted by Gasteiger charge is -2.30. The van der Waals surface area contributed by atoms with Crippen molar-refractivity contribution in [2.45, 2.75) is 58.8 Å². The molecule has 1 aromatic rings. The number of hydrogen-bond acceptors (Lipinski definition) is 4. The highest BCUT2D eigenvalue weighted by atomic mass is 16.5. The molecule has 0 saturated carbocycles. The molecular formula is C19H33NO3. The number of hydrogen-bond donors (Lipinski definition) is 1. The van der Waals surface area contributed by atoms with Crippen LogP contribution in [0.1, 0.15) is 45.6 Å². The van der Waals surface area contributed by atoms with Crippen LogP contribution >= 0.6 is 0 Å². The maximum atomic E-state index is 10.3. The molecule has 0 spiro atoms. The summed E-state index contributed by atoms with van der Waals surface area (Å²) in [5.41, 5.74) is 1.01. The number of rotatable bonds is 12. The van der Waals surface area contributed by atoms with E-state index in [0.29, 0.717) is 25.8 Å². The van der Waals surface area contributed by atoms with E-state index in [1.807, 2.05) is 24.3 Å². The van der Waals surface area contributed by atoms with E-state index in [9.17, 15) is 5.11 Å². The van der Waals surface area contributed by atoms with Crippen LogP contribution in [-0.2, 0) is 11.3 Å². The first-order chi connectivity index (χ1) is 11.1. The SMILES string of the molecule is CCCCN(CC(O)COCc1ccccc1OC)C(C)CC. The summed E-state index contributed by atoms with van der Waals surface area (Å²) in [5, 5.41) is 10.3. The third-order valence-corrected chi connectivity index (χ3v) is 4.22. The van der Waals surface area contributed by atoms with E-state index in [4.69, 9.17) is 9.47 Å². The van der Waals surface area contributed by atoms with Crippen LogP contribution in [-0.4, -0.2) is 49.0 Å². The molecule has 0 aliphatic carbocycles. The van der Waals surface area contributed by atoms with E-state index in [0.717, 1.165) is 24.3 Å². The second kappa shape index (κ2) is 11.4. The Labute approximate surface area is 141 Å². The molecule has 4 heteroatoms. The Morgan fingerprint density at radius 3 is 2.61 bits per heavy atom. The van der Waals surface area contributed by atoms with E-state index in [1.165, 1.54) is 12.8 Å². The minimum atomic E-state index is -0.462. The van der Waals surface area contributed by atoms with Crippen molar-refractivity contribution >= 4 is 0 Å². The number of aliphatic hydroxyl groups is 1. The molecular weight excluding hydrogens is 290 g/mol. The van der Waals surface area contributed by atoms with Gasteiger partial charge in [0.2, 0.25) is 0 Å². The first kappa shape index (κ1) is 19.9. The first-order valence-electron chi connectivity index (χ1n) is 8.74. The zero-order valence-electron chi connectivity index (χ0n) is 15.1. The largest absolute Gasteiger partial charge is 0.496 e. The van der Waals surface area contributed by atoms with Gasteiger partial charge in [-0.15, -0.1) is 0 Å². The van der Waals surface area contributed by atoms with Gasteiger partial charge in [0.1, 0.15) is 5.75 Å². The maximum Gasteiger partial charge on any atom is 0.124 e. The highest BCUT2D eigenvalue weighted by molar-refractivity contribution is 5.32. The van der Waals surface area contributed by atoms with Crippen LogP contribution < -0.4 is 4.74 Å². The number of ether oxygens (including phenoxy) is 2. The van der Waals surface area contributed by atoms with Gasteiger partial charge in [-0.05, 0) is 32.4 Å². The Morgan fingerprint density at radius 1 is 1.22 bits per heavy atom. The molecule has 0 saturated heterocycles. The Hall–Kier alpha value is -1.10. The highest BCUT2D eigenvalue weighted by Crippen LogP contribution is 2.18. The first-order valence-corrected chi connectivity index (χ1v) is 8.74. The van der Waals surface area contributed by atoms with Crippen LogP contribution in [0.3, 0.4) is 0 Å². The lowest BCUT2D eigenvalue weighted by Crippen LogP contribution is -2.40. The third-order valence-electron chi connectivity index (χ3n) is 4.22. The summed E-state index contributed by atoms with van der Waals surface area (Å²) in [7, 11) is 1.66. The minimum absolute atomic E-state index is 0.344. The topological polar surface area (TPSA) is 41.9 Å². The normalized spacial score (nSPS) is 14.0. The Morgan fingerprint density at radius 2 is 1.96 bits per heavy atom. The van der Waals surface area contributed by atoms with Crippen molar-refractivity contribution in [3.63, 3.8) is 0 Å². The summed E-state index contributed by atoms with van der Waals surface area (Å²) in [6.07, 6.45) is 2.97. The van der Waals surface area contributed by atoms with Gasteiger partial charge in [0.15, 0.2) is 0 Å². The average molecular weight is 323 g/mol. The van der Waals surface area contributed by atoms with Crippen LogP contribution in [0.25, 0.3) is 0 Å². The second-order valence-electron chi connectivity index (χ2n) is 6.09. The van der Waals surface area contributed by atoms with Crippen LogP contribution in [0.5, 0.6) is 5.75 Å². The van der Waals surface area contributed by atoms with E-state index in [-0.39, 0.29) is 0 Å². The van der Waals surface area contributed by atoms with Gasteiger partial charge in [-0.1, -0.05) is 38.5 Å². The summed E-state index contributed by atoms with van der Waals surface area (Å²) in [6.45, 7) is 9.11. The predicted molar refractivity (Wildman–Crippen MR) is 94.9 cm³/mol. The molecule has 2 unspecified atom stereocenters. The smallest absolute Gasteiger partial charge is 0.124 e. The average Bonchev–Trinajstić information content (AvgIpc) is 2.58. The van der Waals surface area contributed by atoms with Gasteiger partial charge in [-0.2, -0.15) is 0 Å². The molecule has 4 nitrogen and oxygen atoms in total. The van der Waals surface area contributed by atoms with Crippen molar-refractivity contribution in [1.29, 1.82) is 0 Å². The second-order valence-corrected chi connectivity index (χ2v) is 6.09. The van der Waals surface area contributed by atoms with Gasteiger partial charge in [-0.3, -0.25) is 4.90 Å². The maximum absolute atomic E-state index is 10.3. The number of para-hydroxylation sites is 1. The monoisotopic (exact) mass is 323 g/mol. The fraction of sp³-hybridized carbons (Fsp3) is 0.684. The molecule has 0 radical (unpaired) electrons. The molecule has 0 amide bonds. The van der Waals surface area contributed by atoms with Crippen LogP contribution in [0.15, 0.2) is 24.3 Å². The molecule has 0 aliphatic rings. The molecule has 0 heterocycles. The van der Waals surface area contributed by atoms with Crippen molar-refractivity contribution in [1.82, 2.24) is 4.90 Å². The summed E-state index contributed by atoms with van der Waals surface area (Å²) in [5.74, 6) is 0.825. The summed E-state index contributed by atoms with van der Waals surface area (Å²) < 4.78 is 11.0. The number of unbranched alkanes of at least 4 members (excludes halogenated alkanes) is 1. The molecule has 1 aromatic carbocycles. The number of nitrogens with zero attached hydrogens (tertiary/aromatic N) is 1.